The number of amides is 1. The van der Waals surface area contributed by atoms with E-state index in [9.17, 15) is 13.2 Å². The molecule has 1 aromatic carbocycles. The third-order valence-electron chi connectivity index (χ3n) is 2.72. The summed E-state index contributed by atoms with van der Waals surface area (Å²) >= 11 is 5.79. The van der Waals surface area contributed by atoms with Crippen molar-refractivity contribution in [2.24, 2.45) is 0 Å². The van der Waals surface area contributed by atoms with Crippen LogP contribution in [0.1, 0.15) is 15.9 Å². The van der Waals surface area contributed by atoms with Gasteiger partial charge in [-0.2, -0.15) is 0 Å². The molecule has 9 heteroatoms. The van der Waals surface area contributed by atoms with Gasteiger partial charge in [-0.25, -0.2) is 8.42 Å². The Kier molecular flexibility index (Phi) is 7.92. The molecular weight excluding hydrogens is 363 g/mol. The first-order chi connectivity index (χ1) is 10.9. The van der Waals surface area contributed by atoms with Crippen LogP contribution >= 0.6 is 11.6 Å². The number of hydrogen-bond donors (Lipinski definition) is 0. The summed E-state index contributed by atoms with van der Waals surface area (Å²) in [4.78, 5) is 15.9. The molecule has 0 bridgehead atoms. The second-order valence-electron chi connectivity index (χ2n) is 4.35. The van der Waals surface area contributed by atoms with Crippen molar-refractivity contribution in [2.45, 2.75) is 0 Å². The second kappa shape index (κ2) is 9.19. The maximum Gasteiger partial charge on any atom is 1.00 e. The molecule has 0 unspecified atom stereocenters. The van der Waals surface area contributed by atoms with Gasteiger partial charge in [0, 0.05) is 28.4 Å². The fraction of sp³-hybridized carbons (Fsp3) is 0.0667. The normalized spacial score (nSPS) is 10.9. The van der Waals surface area contributed by atoms with Gasteiger partial charge in [0.15, 0.2) is 0 Å². The van der Waals surface area contributed by atoms with Crippen LogP contribution in [0, 0.1) is 0 Å². The fourth-order valence-corrected chi connectivity index (χ4v) is 2.56. The predicted octanol–water partition coefficient (Wildman–Crippen LogP) is 0.262. The maximum atomic E-state index is 12.0. The molecule has 0 aliphatic rings. The molecule has 24 heavy (non-hydrogen) atoms. The van der Waals surface area contributed by atoms with Crippen LogP contribution in [0.15, 0.2) is 48.1 Å². The Labute approximate surface area is 167 Å². The first kappa shape index (κ1) is 20.7. The largest absolute Gasteiger partial charge is 1.00 e. The molecule has 0 spiro atoms. The molecule has 0 radical (unpaired) electrons. The molecule has 0 saturated heterocycles. The van der Waals surface area contributed by atoms with Crippen LogP contribution in [-0.4, -0.2) is 26.4 Å². The molecule has 1 aromatic heterocycles. The fourth-order valence-electron chi connectivity index (χ4n) is 1.68. The first-order valence-corrected chi connectivity index (χ1v) is 8.23. The van der Waals surface area contributed by atoms with E-state index in [1.54, 1.807) is 18.3 Å². The Morgan fingerprint density at radius 3 is 2.71 bits per heavy atom. The SMILES string of the molecule is COc1cc(Cl)ccc1C(=O)[N-]S(=O)(=O)/C=C/c1cccnc1.[Na+]. The number of carbonyl (C=O) groups is 1. The van der Waals surface area contributed by atoms with E-state index < -0.39 is 15.9 Å². The Balaban J connectivity index is 0.00000288. The Bertz CT molecular complexity index is 842. The maximum absolute atomic E-state index is 12.0. The number of rotatable bonds is 5. The van der Waals surface area contributed by atoms with Crippen LogP contribution in [0.25, 0.3) is 10.8 Å². The van der Waals surface area contributed by atoms with E-state index in [0.29, 0.717) is 10.6 Å². The number of hydrogen-bond acceptors (Lipinski definition) is 5. The summed E-state index contributed by atoms with van der Waals surface area (Å²) in [5.74, 6) is -0.785. The van der Waals surface area contributed by atoms with E-state index in [1.165, 1.54) is 37.6 Å². The predicted molar refractivity (Wildman–Crippen MR) is 87.9 cm³/mol. The Hall–Kier alpha value is -1.38. The number of benzene rings is 1. The summed E-state index contributed by atoms with van der Waals surface area (Å²) in [5, 5.41) is 1.20. The third-order valence-corrected chi connectivity index (χ3v) is 3.86. The van der Waals surface area contributed by atoms with Crippen LogP contribution in [0.4, 0.5) is 0 Å². The van der Waals surface area contributed by atoms with Crippen molar-refractivity contribution in [3.63, 3.8) is 0 Å². The number of pyridine rings is 1. The van der Waals surface area contributed by atoms with E-state index >= 15 is 0 Å². The van der Waals surface area contributed by atoms with Gasteiger partial charge in [0.1, 0.15) is 15.8 Å². The molecule has 0 aliphatic carbocycles. The van der Waals surface area contributed by atoms with Crippen molar-refractivity contribution >= 4 is 33.6 Å². The summed E-state index contributed by atoms with van der Waals surface area (Å²) in [6, 6.07) is 7.54. The standard InChI is InChI=1S/C15H13ClN2O4S.Na/c1-22-14-9-12(16)4-5-13(14)15(19)18-23(20,21)8-6-11-3-2-7-17-10-11;/h2-10H,1H3,(H,18,19);/q;+1/p-1/b8-6+;. The molecule has 2 aromatic rings. The average Bonchev–Trinajstić information content (AvgIpc) is 2.53. The van der Waals surface area contributed by atoms with Crippen LogP contribution < -0.4 is 34.3 Å². The van der Waals surface area contributed by atoms with Crippen molar-refractivity contribution in [2.75, 3.05) is 7.11 Å². The van der Waals surface area contributed by atoms with Gasteiger partial charge in [0.05, 0.1) is 13.0 Å². The molecule has 1 heterocycles. The molecular formula is C15H12ClN2NaO4S. The van der Waals surface area contributed by atoms with Crippen molar-refractivity contribution in [1.29, 1.82) is 0 Å². The minimum absolute atomic E-state index is 0. The first-order valence-electron chi connectivity index (χ1n) is 6.35. The molecule has 2 rings (SSSR count). The molecule has 120 valence electrons. The van der Waals surface area contributed by atoms with Crippen molar-refractivity contribution in [3.8, 4) is 5.75 Å². The van der Waals surface area contributed by atoms with Crippen molar-refractivity contribution < 1.29 is 47.5 Å². The summed E-state index contributed by atoms with van der Waals surface area (Å²) in [7, 11) is -2.74. The van der Waals surface area contributed by atoms with E-state index in [-0.39, 0.29) is 40.9 Å². The zero-order chi connectivity index (χ0) is 16.9. The Morgan fingerprint density at radius 1 is 1.33 bits per heavy atom. The zero-order valence-corrected chi connectivity index (χ0v) is 16.6. The zero-order valence-electron chi connectivity index (χ0n) is 13.0. The minimum atomic E-state index is -4.08. The molecule has 1 amide bonds. The van der Waals surface area contributed by atoms with Crippen LogP contribution in [0.3, 0.4) is 0 Å². The number of carbonyl (C=O) groups excluding carboxylic acids is 1. The van der Waals surface area contributed by atoms with Gasteiger partial charge in [0.25, 0.3) is 0 Å². The minimum Gasteiger partial charge on any atom is -0.538 e. The molecule has 0 aliphatic heterocycles. The van der Waals surface area contributed by atoms with Crippen molar-refractivity contribution in [3.05, 3.63) is 69.0 Å². The van der Waals surface area contributed by atoms with Gasteiger partial charge < -0.3 is 14.3 Å². The van der Waals surface area contributed by atoms with Crippen LogP contribution in [0.5, 0.6) is 5.75 Å². The molecule has 0 atom stereocenters. The van der Waals surface area contributed by atoms with Gasteiger partial charge >= 0.3 is 29.6 Å². The molecule has 0 saturated carbocycles. The second-order valence-corrected chi connectivity index (χ2v) is 6.27. The monoisotopic (exact) mass is 374 g/mol. The number of halogens is 1. The van der Waals surface area contributed by atoms with E-state index in [1.807, 2.05) is 0 Å². The Morgan fingerprint density at radius 2 is 2.08 bits per heavy atom. The molecule has 0 N–H and O–H groups in total. The van der Waals surface area contributed by atoms with E-state index in [2.05, 4.69) is 9.71 Å². The van der Waals surface area contributed by atoms with Gasteiger partial charge in [-0.1, -0.05) is 17.7 Å². The molecule has 0 fully saturated rings. The number of methoxy groups -OCH3 is 1. The number of ether oxygens (including phenoxy) is 1. The summed E-state index contributed by atoms with van der Waals surface area (Å²) in [6.45, 7) is 0. The molecule has 6 nitrogen and oxygen atoms in total. The summed E-state index contributed by atoms with van der Waals surface area (Å²) in [6.07, 6.45) is 4.35. The van der Waals surface area contributed by atoms with Crippen LogP contribution in [0.2, 0.25) is 5.02 Å². The summed E-state index contributed by atoms with van der Waals surface area (Å²) < 4.78 is 32.0. The smallest absolute Gasteiger partial charge is 0.538 e. The quantitative estimate of drug-likeness (QED) is 0.701. The number of aromatic nitrogens is 1. The summed E-state index contributed by atoms with van der Waals surface area (Å²) in [5.41, 5.74) is 0.582. The van der Waals surface area contributed by atoms with Gasteiger partial charge in [-0.3, -0.25) is 4.98 Å². The van der Waals surface area contributed by atoms with Gasteiger partial charge in [0.2, 0.25) is 0 Å². The van der Waals surface area contributed by atoms with Crippen molar-refractivity contribution in [1.82, 2.24) is 4.98 Å². The third kappa shape index (κ3) is 5.92. The number of sulfonamides is 1. The topological polar surface area (TPSA) is 87.4 Å². The van der Waals surface area contributed by atoms with Gasteiger partial charge in [-0.15, -0.1) is 0 Å². The van der Waals surface area contributed by atoms with Gasteiger partial charge in [-0.05, 0) is 35.9 Å². The van der Waals surface area contributed by atoms with Crippen LogP contribution in [-0.2, 0) is 10.0 Å². The van der Waals surface area contributed by atoms with E-state index in [0.717, 1.165) is 5.41 Å². The van der Waals surface area contributed by atoms with E-state index in [4.69, 9.17) is 16.3 Å². The average molecular weight is 375 g/mol. The number of nitrogens with zero attached hydrogens (tertiary/aromatic N) is 2.